The highest BCUT2D eigenvalue weighted by Gasteiger charge is 2.35. The molecule has 2 saturated heterocycles. The van der Waals surface area contributed by atoms with E-state index in [2.05, 4.69) is 16.6 Å². The number of amidine groups is 1. The van der Waals surface area contributed by atoms with Crippen LogP contribution in [-0.4, -0.2) is 68.1 Å². The third-order valence-electron chi connectivity index (χ3n) is 6.89. The molecule has 180 valence electrons. The molecule has 2 fully saturated rings. The Labute approximate surface area is 196 Å². The number of benzene rings is 1. The van der Waals surface area contributed by atoms with Crippen molar-refractivity contribution < 1.29 is 18.0 Å². The zero-order valence-electron chi connectivity index (χ0n) is 19.3. The van der Waals surface area contributed by atoms with Crippen LogP contribution >= 0.6 is 0 Å². The van der Waals surface area contributed by atoms with Crippen molar-refractivity contribution in [3.63, 3.8) is 0 Å². The Kier molecular flexibility index (Phi) is 7.36. The number of rotatable bonds is 6. The number of hydrogen-bond acceptors (Lipinski definition) is 5. The smallest absolute Gasteiger partial charge is 0.263 e. The summed E-state index contributed by atoms with van der Waals surface area (Å²) in [7, 11) is -3.65. The lowest BCUT2D eigenvalue weighted by molar-refractivity contribution is -0.141. The van der Waals surface area contributed by atoms with Crippen LogP contribution in [0, 0.1) is 5.92 Å². The molecule has 0 aromatic heterocycles. The molecule has 1 aromatic carbocycles. The molecule has 1 atom stereocenters. The number of piperidine rings is 2. The first kappa shape index (κ1) is 23.7. The summed E-state index contributed by atoms with van der Waals surface area (Å²) in [5, 5.41) is 0. The second-order valence-corrected chi connectivity index (χ2v) is 10.9. The van der Waals surface area contributed by atoms with Crippen molar-refractivity contribution in [2.45, 2.75) is 69.2 Å². The third-order valence-corrected chi connectivity index (χ3v) is 8.28. The van der Waals surface area contributed by atoms with Crippen molar-refractivity contribution in [2.75, 3.05) is 26.2 Å². The fourth-order valence-corrected chi connectivity index (χ4v) is 6.20. The molecule has 1 unspecified atom stereocenters. The second kappa shape index (κ2) is 10.2. The average molecular weight is 475 g/mol. The van der Waals surface area contributed by atoms with Crippen LogP contribution in [0.25, 0.3) is 0 Å². The highest BCUT2D eigenvalue weighted by atomic mass is 32.2. The van der Waals surface area contributed by atoms with Crippen LogP contribution in [0.3, 0.4) is 0 Å². The highest BCUT2D eigenvalue weighted by Crippen LogP contribution is 2.26. The quantitative estimate of drug-likeness (QED) is 0.685. The molecule has 2 amide bonds. The zero-order valence-corrected chi connectivity index (χ0v) is 20.1. The molecule has 3 aliphatic rings. The number of likely N-dealkylation sites (tertiary alicyclic amines) is 2. The average Bonchev–Trinajstić information content (AvgIpc) is 3.11. The van der Waals surface area contributed by atoms with Crippen molar-refractivity contribution >= 4 is 27.7 Å². The number of carbonyl (C=O) groups is 2. The van der Waals surface area contributed by atoms with E-state index >= 15 is 0 Å². The van der Waals surface area contributed by atoms with E-state index in [1.54, 1.807) is 29.2 Å². The number of nitrogens with zero attached hydrogens (tertiary/aromatic N) is 3. The van der Waals surface area contributed by atoms with Gasteiger partial charge in [0.15, 0.2) is 0 Å². The Morgan fingerprint density at radius 2 is 1.76 bits per heavy atom. The lowest BCUT2D eigenvalue weighted by atomic mass is 9.93. The van der Waals surface area contributed by atoms with E-state index in [0.717, 1.165) is 38.8 Å². The zero-order chi connectivity index (χ0) is 23.4. The molecule has 8 nitrogen and oxygen atoms in total. The van der Waals surface area contributed by atoms with E-state index in [4.69, 9.17) is 0 Å². The number of sulfonamides is 1. The van der Waals surface area contributed by atoms with E-state index in [9.17, 15) is 18.0 Å². The Balaban J connectivity index is 1.45. The van der Waals surface area contributed by atoms with Crippen LogP contribution in [-0.2, 0) is 19.6 Å². The van der Waals surface area contributed by atoms with Crippen LogP contribution in [0.4, 0.5) is 0 Å². The van der Waals surface area contributed by atoms with E-state index in [0.29, 0.717) is 37.9 Å². The van der Waals surface area contributed by atoms with Crippen LogP contribution in [0.5, 0.6) is 0 Å². The lowest BCUT2D eigenvalue weighted by Gasteiger charge is -2.36. The van der Waals surface area contributed by atoms with Gasteiger partial charge in [-0.05, 0) is 50.7 Å². The molecule has 3 aliphatic heterocycles. The van der Waals surface area contributed by atoms with Gasteiger partial charge in [0, 0.05) is 37.7 Å². The molecule has 0 spiro atoms. The van der Waals surface area contributed by atoms with Crippen molar-refractivity contribution in [3.8, 4) is 0 Å². The van der Waals surface area contributed by atoms with Crippen molar-refractivity contribution in [3.05, 3.63) is 29.8 Å². The summed E-state index contributed by atoms with van der Waals surface area (Å²) in [5.41, 5.74) is 0.512. The summed E-state index contributed by atoms with van der Waals surface area (Å²) in [6.45, 7) is 4.84. The number of fused-ring (bicyclic) bond motifs is 1. The minimum Gasteiger partial charge on any atom is -0.342 e. The Hall–Kier alpha value is -2.42. The van der Waals surface area contributed by atoms with Gasteiger partial charge in [-0.2, -0.15) is 0 Å². The molecule has 0 aliphatic carbocycles. The predicted octanol–water partition coefficient (Wildman–Crippen LogP) is 2.54. The molecular formula is C24H34N4O4S. The number of carbonyl (C=O) groups excluding carboxylic acids is 2. The fraction of sp³-hybridized carbons (Fsp3) is 0.625. The van der Waals surface area contributed by atoms with Gasteiger partial charge in [-0.1, -0.05) is 31.9 Å². The maximum atomic E-state index is 13.4. The van der Waals surface area contributed by atoms with Crippen LogP contribution < -0.4 is 4.72 Å². The topological polar surface area (TPSA) is 99.1 Å². The van der Waals surface area contributed by atoms with Gasteiger partial charge in [0.1, 0.15) is 11.9 Å². The Morgan fingerprint density at radius 1 is 1.06 bits per heavy atom. The molecule has 1 aromatic rings. The first-order valence-corrected chi connectivity index (χ1v) is 13.7. The van der Waals surface area contributed by atoms with Crippen LogP contribution in [0.1, 0.15) is 63.9 Å². The van der Waals surface area contributed by atoms with E-state index in [-0.39, 0.29) is 28.5 Å². The summed E-state index contributed by atoms with van der Waals surface area (Å²) in [6.07, 6.45) is 7.01. The summed E-state index contributed by atoms with van der Waals surface area (Å²) in [6, 6.07) is 6.07. The predicted molar refractivity (Wildman–Crippen MR) is 126 cm³/mol. The van der Waals surface area contributed by atoms with Gasteiger partial charge in [-0.15, -0.1) is 0 Å². The normalized spacial score (nSPS) is 22.6. The monoisotopic (exact) mass is 474 g/mol. The number of aliphatic imine (C=N–C) groups is 1. The molecule has 3 heterocycles. The molecule has 0 saturated carbocycles. The molecule has 0 bridgehead atoms. The van der Waals surface area contributed by atoms with Gasteiger partial charge in [-0.25, -0.2) is 8.42 Å². The number of hydrogen-bond donors (Lipinski definition) is 1. The highest BCUT2D eigenvalue weighted by molar-refractivity contribution is 7.90. The maximum absolute atomic E-state index is 13.4. The standard InChI is InChI=1S/C24H34N4O4S/c1-2-3-10-20(25-22-19-9-5-6-11-21(19)33(31,32)26-22)24(30)28-16-12-18(13-17-28)23(29)27-14-7-4-8-15-27/h5-6,9,11,18,20H,2-4,7-8,10,12-17H2,1H3,(H,25,26). The van der Waals surface area contributed by atoms with E-state index in [1.807, 2.05) is 4.90 Å². The minimum absolute atomic E-state index is 0.0129. The van der Waals surface area contributed by atoms with Gasteiger partial charge in [0.25, 0.3) is 10.0 Å². The molecule has 33 heavy (non-hydrogen) atoms. The van der Waals surface area contributed by atoms with Gasteiger partial charge in [0.05, 0.1) is 4.90 Å². The first-order valence-electron chi connectivity index (χ1n) is 12.2. The van der Waals surface area contributed by atoms with E-state index < -0.39 is 16.1 Å². The van der Waals surface area contributed by atoms with Crippen molar-refractivity contribution in [1.82, 2.24) is 14.5 Å². The largest absolute Gasteiger partial charge is 0.342 e. The van der Waals surface area contributed by atoms with Gasteiger partial charge >= 0.3 is 0 Å². The molecule has 1 N–H and O–H groups in total. The maximum Gasteiger partial charge on any atom is 0.263 e. The van der Waals surface area contributed by atoms with Gasteiger partial charge in [0.2, 0.25) is 11.8 Å². The SMILES string of the molecule is CCCCC(N=C1NS(=O)(=O)c2ccccc21)C(=O)N1CCC(C(=O)N2CCCCC2)CC1. The lowest BCUT2D eigenvalue weighted by Crippen LogP contribution is -2.48. The Morgan fingerprint density at radius 3 is 2.45 bits per heavy atom. The summed E-state index contributed by atoms with van der Waals surface area (Å²) >= 11 is 0. The fourth-order valence-electron chi connectivity index (χ4n) is 4.96. The molecule has 9 heteroatoms. The van der Waals surface area contributed by atoms with Crippen LogP contribution in [0.2, 0.25) is 0 Å². The summed E-state index contributed by atoms with van der Waals surface area (Å²) in [4.78, 5) is 34.8. The van der Waals surface area contributed by atoms with Crippen molar-refractivity contribution in [1.29, 1.82) is 0 Å². The second-order valence-electron chi connectivity index (χ2n) is 9.22. The first-order chi connectivity index (χ1) is 15.9. The molecule has 0 radical (unpaired) electrons. The molecular weight excluding hydrogens is 440 g/mol. The third kappa shape index (κ3) is 5.23. The van der Waals surface area contributed by atoms with Crippen LogP contribution in [0.15, 0.2) is 34.2 Å². The number of unbranched alkanes of at least 4 members (excludes halogenated alkanes) is 1. The van der Waals surface area contributed by atoms with E-state index in [1.165, 1.54) is 6.42 Å². The number of amides is 2. The minimum atomic E-state index is -3.65. The number of nitrogens with one attached hydrogen (secondary N) is 1. The summed E-state index contributed by atoms with van der Waals surface area (Å²) < 4.78 is 27.4. The summed E-state index contributed by atoms with van der Waals surface area (Å²) in [5.74, 6) is 0.390. The molecule has 4 rings (SSSR count). The van der Waals surface area contributed by atoms with Gasteiger partial charge in [-0.3, -0.25) is 19.3 Å². The Bertz CT molecular complexity index is 1010. The van der Waals surface area contributed by atoms with Crippen molar-refractivity contribution in [2.24, 2.45) is 10.9 Å². The van der Waals surface area contributed by atoms with Gasteiger partial charge < -0.3 is 9.80 Å².